The van der Waals surface area contributed by atoms with Gasteiger partial charge in [0, 0.05) is 12.8 Å². The van der Waals surface area contributed by atoms with E-state index in [1.807, 2.05) is 6.08 Å². The Bertz CT molecular complexity index is 1330. The first-order valence-corrected chi connectivity index (χ1v) is 32.3. The molecule has 0 aliphatic carbocycles. The molecule has 0 fully saturated rings. The number of unbranched alkanes of at least 4 members (excludes halogenated alkanes) is 39. The molecule has 0 amide bonds. The van der Waals surface area contributed by atoms with Crippen molar-refractivity contribution in [2.24, 2.45) is 0 Å². The van der Waals surface area contributed by atoms with E-state index in [9.17, 15) is 14.4 Å². The molecule has 0 aliphatic rings. The summed E-state index contributed by atoms with van der Waals surface area (Å²) in [5, 5.41) is 0. The summed E-state index contributed by atoms with van der Waals surface area (Å²) >= 11 is 0. The average Bonchev–Trinajstić information content (AvgIpc) is 3.40. The van der Waals surface area contributed by atoms with Crippen molar-refractivity contribution in [1.29, 1.82) is 0 Å². The number of esters is 3. The van der Waals surface area contributed by atoms with E-state index in [0.29, 0.717) is 12.8 Å². The first kappa shape index (κ1) is 71.1. The van der Waals surface area contributed by atoms with Crippen molar-refractivity contribution in [2.45, 2.75) is 341 Å². The molecule has 0 saturated carbocycles. The largest absolute Gasteiger partial charge is 0.462 e. The minimum atomic E-state index is -0.824. The van der Waals surface area contributed by atoms with E-state index in [4.69, 9.17) is 14.2 Å². The highest BCUT2D eigenvalue weighted by Gasteiger charge is 2.19. The number of allylic oxidation sites excluding steroid dienone is 9. The number of ether oxygens (including phenoxy) is 3. The normalized spacial score (nSPS) is 12.4. The molecule has 1 atom stereocenters. The Balaban J connectivity index is 3.97. The van der Waals surface area contributed by atoms with Gasteiger partial charge in [0.1, 0.15) is 13.2 Å². The highest BCUT2D eigenvalue weighted by molar-refractivity contribution is 5.72. The standard InChI is InChI=1S/C68H122O6/c1-4-7-10-13-16-18-20-22-24-25-26-27-28-29-30-31-32-33-34-35-36-37-38-39-40-41-42-44-45-47-49-52-55-58-61-67(70)73-64-65(63-72-66(69)60-57-54-51-15-12-9-6-3)74-68(71)62-59-56-53-50-48-46-43-23-21-19-17-14-11-8-5-2/h8,11,17,19,23,43,48,50,56,59,65H,4-7,9-10,12-16,18,20-22,24-42,44-47,49,51-55,57-58,60-64H2,1-3H3/b11-8-,19-17-,43-23-,50-48-,59-56-. The zero-order valence-electron chi connectivity index (χ0n) is 49.4. The second-order valence-electron chi connectivity index (χ2n) is 21.7. The van der Waals surface area contributed by atoms with E-state index in [-0.39, 0.29) is 31.6 Å². The van der Waals surface area contributed by atoms with Crippen molar-refractivity contribution >= 4 is 17.9 Å². The van der Waals surface area contributed by atoms with Gasteiger partial charge in [-0.2, -0.15) is 0 Å². The Morgan fingerprint density at radius 3 is 0.770 bits per heavy atom. The third-order valence-electron chi connectivity index (χ3n) is 14.3. The van der Waals surface area contributed by atoms with Gasteiger partial charge >= 0.3 is 17.9 Å². The van der Waals surface area contributed by atoms with Gasteiger partial charge in [-0.1, -0.05) is 332 Å². The van der Waals surface area contributed by atoms with Gasteiger partial charge in [0.2, 0.25) is 0 Å². The minimum absolute atomic E-state index is 0.101. The van der Waals surface area contributed by atoms with E-state index in [1.165, 1.54) is 225 Å². The van der Waals surface area contributed by atoms with Crippen LogP contribution < -0.4 is 0 Å². The van der Waals surface area contributed by atoms with Crippen LogP contribution in [0, 0.1) is 0 Å². The fraction of sp³-hybridized carbons (Fsp3) is 0.809. The van der Waals surface area contributed by atoms with Gasteiger partial charge < -0.3 is 14.2 Å². The van der Waals surface area contributed by atoms with Crippen molar-refractivity contribution < 1.29 is 28.6 Å². The van der Waals surface area contributed by atoms with Gasteiger partial charge in [-0.05, 0) is 44.9 Å². The number of hydrogen-bond acceptors (Lipinski definition) is 6. The molecular formula is C68H122O6. The van der Waals surface area contributed by atoms with Crippen LogP contribution in [0.1, 0.15) is 335 Å². The molecule has 0 N–H and O–H groups in total. The second kappa shape index (κ2) is 62.6. The van der Waals surface area contributed by atoms with Crippen LogP contribution in [0.5, 0.6) is 0 Å². The molecule has 430 valence electrons. The van der Waals surface area contributed by atoms with E-state index in [0.717, 1.165) is 70.6 Å². The van der Waals surface area contributed by atoms with Gasteiger partial charge in [-0.25, -0.2) is 0 Å². The minimum Gasteiger partial charge on any atom is -0.462 e. The van der Waals surface area contributed by atoms with Crippen LogP contribution in [0.3, 0.4) is 0 Å². The molecule has 0 bridgehead atoms. The number of carbonyl (C=O) groups excluding carboxylic acids is 3. The number of carbonyl (C=O) groups is 3. The molecule has 0 spiro atoms. The predicted octanol–water partition coefficient (Wildman–Crippen LogP) is 21.9. The Hall–Kier alpha value is -2.89. The Kier molecular flexibility index (Phi) is 60.2. The van der Waals surface area contributed by atoms with Gasteiger partial charge in [-0.3, -0.25) is 14.4 Å². The summed E-state index contributed by atoms with van der Waals surface area (Å²) in [4.78, 5) is 37.9. The smallest absolute Gasteiger partial charge is 0.310 e. The molecule has 1 unspecified atom stereocenters. The predicted molar refractivity (Wildman–Crippen MR) is 321 cm³/mol. The maximum absolute atomic E-state index is 12.7. The molecule has 74 heavy (non-hydrogen) atoms. The maximum atomic E-state index is 12.7. The van der Waals surface area contributed by atoms with Crippen LogP contribution in [-0.2, 0) is 28.6 Å². The maximum Gasteiger partial charge on any atom is 0.310 e. The zero-order valence-corrected chi connectivity index (χ0v) is 49.4. The van der Waals surface area contributed by atoms with Crippen LogP contribution in [0.25, 0.3) is 0 Å². The third-order valence-corrected chi connectivity index (χ3v) is 14.3. The Morgan fingerprint density at radius 1 is 0.284 bits per heavy atom. The molecule has 0 aromatic carbocycles. The lowest BCUT2D eigenvalue weighted by Crippen LogP contribution is -2.30. The van der Waals surface area contributed by atoms with E-state index < -0.39 is 12.1 Å². The van der Waals surface area contributed by atoms with E-state index in [1.54, 1.807) is 6.08 Å². The van der Waals surface area contributed by atoms with Crippen LogP contribution in [0.15, 0.2) is 60.8 Å². The first-order chi connectivity index (χ1) is 36.5. The molecule has 0 saturated heterocycles. The number of hydrogen-bond donors (Lipinski definition) is 0. The van der Waals surface area contributed by atoms with E-state index in [2.05, 4.69) is 69.4 Å². The third kappa shape index (κ3) is 60.0. The van der Waals surface area contributed by atoms with Crippen molar-refractivity contribution in [3.63, 3.8) is 0 Å². The monoisotopic (exact) mass is 1030 g/mol. The van der Waals surface area contributed by atoms with Crippen molar-refractivity contribution in [3.05, 3.63) is 60.8 Å². The molecule has 0 heterocycles. The molecule has 0 aromatic heterocycles. The topological polar surface area (TPSA) is 78.9 Å². The summed E-state index contributed by atoms with van der Waals surface area (Å²) in [7, 11) is 0. The second-order valence-corrected chi connectivity index (χ2v) is 21.7. The number of rotatable bonds is 59. The lowest BCUT2D eigenvalue weighted by atomic mass is 10.0. The van der Waals surface area contributed by atoms with E-state index >= 15 is 0 Å². The molecule has 6 heteroatoms. The quantitative estimate of drug-likeness (QED) is 0.0261. The first-order valence-electron chi connectivity index (χ1n) is 32.3. The van der Waals surface area contributed by atoms with Crippen molar-refractivity contribution in [3.8, 4) is 0 Å². The van der Waals surface area contributed by atoms with Gasteiger partial charge in [0.15, 0.2) is 6.10 Å². The SMILES string of the molecule is CC/C=C\C/C=C\C/C=C\C/C=C\C/C=C\CC(=O)OC(COC(=O)CCCCCCCCC)COC(=O)CCCCCCCCCCCCCCCCCCCCCCCCCCCCCCCCCCCC. The highest BCUT2D eigenvalue weighted by Crippen LogP contribution is 2.18. The molecule has 0 rings (SSSR count). The highest BCUT2D eigenvalue weighted by atomic mass is 16.6. The molecule has 0 aromatic rings. The average molecular weight is 1040 g/mol. The lowest BCUT2D eigenvalue weighted by molar-refractivity contribution is -0.166. The van der Waals surface area contributed by atoms with Gasteiger partial charge in [0.05, 0.1) is 6.42 Å². The molecular weight excluding hydrogens is 913 g/mol. The summed E-state index contributed by atoms with van der Waals surface area (Å²) in [5.41, 5.74) is 0. The Labute approximate surface area is 460 Å². The lowest BCUT2D eigenvalue weighted by Gasteiger charge is -2.18. The summed E-state index contributed by atoms with van der Waals surface area (Å²) in [5.74, 6) is -1.04. The van der Waals surface area contributed by atoms with Crippen LogP contribution in [-0.4, -0.2) is 37.2 Å². The van der Waals surface area contributed by atoms with Crippen LogP contribution in [0.4, 0.5) is 0 Å². The molecule has 0 radical (unpaired) electrons. The van der Waals surface area contributed by atoms with Crippen LogP contribution in [0.2, 0.25) is 0 Å². The van der Waals surface area contributed by atoms with Gasteiger partial charge in [-0.15, -0.1) is 0 Å². The van der Waals surface area contributed by atoms with Crippen molar-refractivity contribution in [2.75, 3.05) is 13.2 Å². The fourth-order valence-corrected chi connectivity index (χ4v) is 9.52. The summed E-state index contributed by atoms with van der Waals surface area (Å²) in [6, 6.07) is 0. The summed E-state index contributed by atoms with van der Waals surface area (Å²) in [6.07, 6.45) is 80.4. The molecule has 6 nitrogen and oxygen atoms in total. The summed E-state index contributed by atoms with van der Waals surface area (Å²) in [6.45, 7) is 6.43. The summed E-state index contributed by atoms with van der Waals surface area (Å²) < 4.78 is 16.7. The zero-order chi connectivity index (χ0) is 53.6. The Morgan fingerprint density at radius 2 is 0.514 bits per heavy atom. The van der Waals surface area contributed by atoms with Crippen LogP contribution >= 0.6 is 0 Å². The van der Waals surface area contributed by atoms with Gasteiger partial charge in [0.25, 0.3) is 0 Å². The fourth-order valence-electron chi connectivity index (χ4n) is 9.52. The molecule has 0 aliphatic heterocycles. The van der Waals surface area contributed by atoms with Crippen molar-refractivity contribution in [1.82, 2.24) is 0 Å².